The minimum atomic E-state index is -1.65. The number of esters is 2. The van der Waals surface area contributed by atoms with E-state index in [1.165, 1.54) is 6.92 Å². The fraction of sp³-hybridized carbons (Fsp3) is 0.680. The molecule has 36 heavy (non-hydrogen) atoms. The lowest BCUT2D eigenvalue weighted by molar-refractivity contribution is -0.352. The lowest BCUT2D eigenvalue weighted by Crippen LogP contribution is -2.66. The molecule has 3 rings (SSSR count). The Morgan fingerprint density at radius 3 is 2.28 bits per heavy atom. The van der Waals surface area contributed by atoms with Crippen molar-refractivity contribution in [2.45, 2.75) is 88.0 Å². The van der Waals surface area contributed by atoms with Gasteiger partial charge in [-0.25, -0.2) is 4.79 Å². The summed E-state index contributed by atoms with van der Waals surface area (Å²) in [5.41, 5.74) is -2.28. The average molecular weight is 513 g/mol. The summed E-state index contributed by atoms with van der Waals surface area (Å²) in [6.45, 7) is 3.84. The van der Waals surface area contributed by atoms with Crippen molar-refractivity contribution >= 4 is 11.9 Å². The monoisotopic (exact) mass is 512 g/mol. The highest BCUT2D eigenvalue weighted by molar-refractivity contribution is 5.89. The van der Waals surface area contributed by atoms with Crippen LogP contribution in [0.1, 0.15) is 50.4 Å². The van der Waals surface area contributed by atoms with E-state index in [0.29, 0.717) is 5.56 Å². The first-order chi connectivity index (χ1) is 16.9. The Labute approximate surface area is 209 Å². The summed E-state index contributed by atoms with van der Waals surface area (Å²) in [5.74, 6) is -1.54. The third-order valence-electron chi connectivity index (χ3n) is 7.24. The zero-order chi connectivity index (χ0) is 26.7. The molecule has 0 aromatic heterocycles. The molecule has 1 aliphatic carbocycles. The first kappa shape index (κ1) is 28.5. The van der Waals surface area contributed by atoms with Crippen LogP contribution in [0, 0.1) is 5.92 Å². The maximum absolute atomic E-state index is 12.3. The van der Waals surface area contributed by atoms with Gasteiger partial charge in [-0.05, 0) is 44.7 Å². The molecular weight excluding hydrogens is 476 g/mol. The van der Waals surface area contributed by atoms with Crippen LogP contribution in [0.4, 0.5) is 0 Å². The van der Waals surface area contributed by atoms with Crippen LogP contribution in [-0.2, 0) is 23.7 Å². The Hall–Kier alpha value is -2.12. The maximum Gasteiger partial charge on any atom is 0.338 e. The topological polar surface area (TPSA) is 172 Å². The molecule has 9 atom stereocenters. The molecule has 0 bridgehead atoms. The largest absolute Gasteiger partial charge is 0.462 e. The molecule has 1 saturated heterocycles. The molecule has 1 saturated carbocycles. The van der Waals surface area contributed by atoms with Gasteiger partial charge in [-0.2, -0.15) is 0 Å². The fourth-order valence-corrected chi connectivity index (χ4v) is 4.95. The second kappa shape index (κ2) is 11.5. The number of carbonyl (C=O) groups excluding carboxylic acids is 2. The number of rotatable bonds is 8. The third-order valence-corrected chi connectivity index (χ3v) is 7.24. The number of hydrogen-bond acceptors (Lipinski definition) is 11. The minimum Gasteiger partial charge on any atom is -0.462 e. The van der Waals surface area contributed by atoms with E-state index in [2.05, 4.69) is 0 Å². The Kier molecular flexibility index (Phi) is 9.10. The van der Waals surface area contributed by atoms with Gasteiger partial charge in [0.25, 0.3) is 0 Å². The molecule has 1 aromatic carbocycles. The van der Waals surface area contributed by atoms with Crippen LogP contribution < -0.4 is 0 Å². The third kappa shape index (κ3) is 6.05. The zero-order valence-corrected chi connectivity index (χ0v) is 20.6. The summed E-state index contributed by atoms with van der Waals surface area (Å²) in [5, 5.41) is 51.1. The lowest BCUT2D eigenvalue weighted by Gasteiger charge is -2.54. The summed E-state index contributed by atoms with van der Waals surface area (Å²) in [7, 11) is 0. The standard InChI is InChI=1S/C25H36O11/c1-14(27)35-25(3)12-17(28)16(9-10-33-22(32)15-7-5-4-6-8-15)11-24(25,2)36-23-21(31)20(30)19(29)18(13-26)34-23/h4-8,16-21,23,26,28-31H,9-13H2,1-3H3/t16-,17+,18?,19?,20?,21?,23?,24?,25-/m0/s1. The Morgan fingerprint density at radius 1 is 1.00 bits per heavy atom. The van der Waals surface area contributed by atoms with E-state index in [-0.39, 0.29) is 25.9 Å². The number of aliphatic hydroxyl groups is 5. The van der Waals surface area contributed by atoms with Crippen LogP contribution in [0.2, 0.25) is 0 Å². The molecule has 0 spiro atoms. The summed E-state index contributed by atoms with van der Waals surface area (Å²) in [4.78, 5) is 24.2. The first-order valence-corrected chi connectivity index (χ1v) is 12.0. The second-order valence-corrected chi connectivity index (χ2v) is 9.90. The highest BCUT2D eigenvalue weighted by Gasteiger charge is 2.58. The van der Waals surface area contributed by atoms with E-state index in [4.69, 9.17) is 18.9 Å². The fourth-order valence-electron chi connectivity index (χ4n) is 4.95. The molecule has 0 amide bonds. The SMILES string of the molecule is CC(=O)O[C@@]1(C)C[C@@H](O)[C@@H](CCOC(=O)c2ccccc2)CC1(C)OC1OC(CO)C(O)C(O)C1O. The summed E-state index contributed by atoms with van der Waals surface area (Å²) in [6.07, 6.45) is -8.04. The van der Waals surface area contributed by atoms with Gasteiger partial charge in [0.2, 0.25) is 0 Å². The molecule has 5 N–H and O–H groups in total. The van der Waals surface area contributed by atoms with Gasteiger partial charge < -0.3 is 44.5 Å². The van der Waals surface area contributed by atoms with Crippen molar-refractivity contribution in [1.29, 1.82) is 0 Å². The van der Waals surface area contributed by atoms with E-state index < -0.39 is 72.5 Å². The van der Waals surface area contributed by atoms with Crippen molar-refractivity contribution in [2.24, 2.45) is 5.92 Å². The van der Waals surface area contributed by atoms with Crippen molar-refractivity contribution in [3.63, 3.8) is 0 Å². The summed E-state index contributed by atoms with van der Waals surface area (Å²) >= 11 is 0. The molecule has 11 nitrogen and oxygen atoms in total. The molecule has 0 radical (unpaired) electrons. The number of aliphatic hydroxyl groups excluding tert-OH is 5. The van der Waals surface area contributed by atoms with Gasteiger partial charge in [0.1, 0.15) is 35.6 Å². The van der Waals surface area contributed by atoms with Crippen molar-refractivity contribution < 1.29 is 54.1 Å². The number of hydrogen-bond donors (Lipinski definition) is 5. The predicted molar refractivity (Wildman–Crippen MR) is 124 cm³/mol. The smallest absolute Gasteiger partial charge is 0.338 e. The average Bonchev–Trinajstić information content (AvgIpc) is 2.82. The Morgan fingerprint density at radius 2 is 1.67 bits per heavy atom. The molecule has 1 aromatic rings. The molecule has 11 heteroatoms. The predicted octanol–water partition coefficient (Wildman–Crippen LogP) is -0.0986. The van der Waals surface area contributed by atoms with E-state index in [9.17, 15) is 35.1 Å². The molecular formula is C25H36O11. The highest BCUT2D eigenvalue weighted by Crippen LogP contribution is 2.47. The maximum atomic E-state index is 12.3. The molecule has 2 fully saturated rings. The number of benzene rings is 1. The van der Waals surface area contributed by atoms with Gasteiger partial charge in [0.15, 0.2) is 6.29 Å². The van der Waals surface area contributed by atoms with Crippen LogP contribution in [0.3, 0.4) is 0 Å². The number of carbonyl (C=O) groups is 2. The first-order valence-electron chi connectivity index (χ1n) is 12.0. The molecule has 1 heterocycles. The van der Waals surface area contributed by atoms with Crippen LogP contribution in [0.25, 0.3) is 0 Å². The van der Waals surface area contributed by atoms with Gasteiger partial charge in [0.05, 0.1) is 24.9 Å². The van der Waals surface area contributed by atoms with Crippen LogP contribution in [0.5, 0.6) is 0 Å². The van der Waals surface area contributed by atoms with Gasteiger partial charge in [0, 0.05) is 13.3 Å². The quantitative estimate of drug-likeness (QED) is 0.295. The molecule has 1 aliphatic heterocycles. The minimum absolute atomic E-state index is 0.0161. The van der Waals surface area contributed by atoms with E-state index in [1.54, 1.807) is 44.2 Å². The second-order valence-electron chi connectivity index (χ2n) is 9.90. The summed E-state index contributed by atoms with van der Waals surface area (Å²) in [6, 6.07) is 8.49. The van der Waals surface area contributed by atoms with Crippen molar-refractivity contribution in [2.75, 3.05) is 13.2 Å². The molecule has 6 unspecified atom stereocenters. The Bertz CT molecular complexity index is 893. The van der Waals surface area contributed by atoms with E-state index in [0.717, 1.165) is 0 Å². The number of ether oxygens (including phenoxy) is 4. The zero-order valence-electron chi connectivity index (χ0n) is 20.6. The van der Waals surface area contributed by atoms with E-state index in [1.807, 2.05) is 0 Å². The molecule has 2 aliphatic rings. The van der Waals surface area contributed by atoms with Gasteiger partial charge in [-0.15, -0.1) is 0 Å². The van der Waals surface area contributed by atoms with Crippen LogP contribution in [-0.4, -0.2) is 98.7 Å². The van der Waals surface area contributed by atoms with Crippen molar-refractivity contribution in [3.05, 3.63) is 35.9 Å². The van der Waals surface area contributed by atoms with Crippen molar-refractivity contribution in [1.82, 2.24) is 0 Å². The highest BCUT2D eigenvalue weighted by atomic mass is 16.7. The molecule has 202 valence electrons. The van der Waals surface area contributed by atoms with Crippen molar-refractivity contribution in [3.8, 4) is 0 Å². The van der Waals surface area contributed by atoms with Crippen LogP contribution >= 0.6 is 0 Å². The Balaban J connectivity index is 1.75. The lowest BCUT2D eigenvalue weighted by atomic mass is 9.66. The van der Waals surface area contributed by atoms with Gasteiger partial charge in [-0.3, -0.25) is 4.79 Å². The summed E-state index contributed by atoms with van der Waals surface area (Å²) < 4.78 is 22.6. The van der Waals surface area contributed by atoms with Gasteiger partial charge >= 0.3 is 11.9 Å². The van der Waals surface area contributed by atoms with Gasteiger partial charge in [-0.1, -0.05) is 18.2 Å². The van der Waals surface area contributed by atoms with E-state index >= 15 is 0 Å². The van der Waals surface area contributed by atoms with Crippen LogP contribution in [0.15, 0.2) is 30.3 Å². The normalized spacial score (nSPS) is 38.8.